The summed E-state index contributed by atoms with van der Waals surface area (Å²) in [6.45, 7) is 5.73. The topological polar surface area (TPSA) is 62.2 Å². The van der Waals surface area contributed by atoms with E-state index in [0.717, 1.165) is 38.2 Å². The molecule has 0 spiro atoms. The summed E-state index contributed by atoms with van der Waals surface area (Å²) in [4.78, 5) is 15.6. The van der Waals surface area contributed by atoms with E-state index in [1.165, 1.54) is 0 Å². The lowest BCUT2D eigenvalue weighted by Crippen LogP contribution is -2.33. The van der Waals surface area contributed by atoms with Crippen molar-refractivity contribution >= 4 is 5.91 Å². The Morgan fingerprint density at radius 3 is 2.71 bits per heavy atom. The van der Waals surface area contributed by atoms with Crippen LogP contribution < -0.4 is 9.47 Å². The Hall–Kier alpha value is -1.95. The van der Waals surface area contributed by atoms with Crippen molar-refractivity contribution in [1.82, 2.24) is 9.80 Å². The molecule has 1 N–H and O–H groups in total. The minimum atomic E-state index is 0.128. The van der Waals surface area contributed by atoms with Gasteiger partial charge in [0, 0.05) is 51.3 Å². The van der Waals surface area contributed by atoms with Gasteiger partial charge in [-0.3, -0.25) is 9.69 Å². The molecule has 1 fully saturated rings. The number of benzene rings is 1. The summed E-state index contributed by atoms with van der Waals surface area (Å²) < 4.78 is 10.6. The largest absolute Gasteiger partial charge is 0.507 e. The van der Waals surface area contributed by atoms with Crippen LogP contribution in [0.25, 0.3) is 0 Å². The van der Waals surface area contributed by atoms with Gasteiger partial charge in [-0.2, -0.15) is 0 Å². The molecule has 0 bridgehead atoms. The van der Waals surface area contributed by atoms with Gasteiger partial charge in [0.05, 0.1) is 0 Å². The van der Waals surface area contributed by atoms with Crippen molar-refractivity contribution in [3.8, 4) is 17.2 Å². The third kappa shape index (κ3) is 3.05. The zero-order valence-corrected chi connectivity index (χ0v) is 12.2. The smallest absolute Gasteiger partial charge is 0.231 e. The van der Waals surface area contributed by atoms with Gasteiger partial charge in [0.25, 0.3) is 0 Å². The molecule has 0 saturated carbocycles. The maximum absolute atomic E-state index is 11.4. The number of amides is 1. The molecule has 2 heterocycles. The van der Waals surface area contributed by atoms with Gasteiger partial charge in [-0.1, -0.05) is 0 Å². The average Bonchev–Trinajstić information content (AvgIpc) is 2.75. The Bertz CT molecular complexity index is 547. The number of phenols is 1. The van der Waals surface area contributed by atoms with Crippen molar-refractivity contribution < 1.29 is 19.4 Å². The maximum Gasteiger partial charge on any atom is 0.231 e. The van der Waals surface area contributed by atoms with Crippen molar-refractivity contribution in [1.29, 1.82) is 0 Å². The van der Waals surface area contributed by atoms with E-state index in [0.29, 0.717) is 18.0 Å². The third-order valence-electron chi connectivity index (χ3n) is 4.00. The van der Waals surface area contributed by atoms with Crippen LogP contribution in [0, 0.1) is 0 Å². The number of carbonyl (C=O) groups excluding carboxylic acids is 1. The van der Waals surface area contributed by atoms with E-state index in [9.17, 15) is 9.90 Å². The predicted molar refractivity (Wildman–Crippen MR) is 76.4 cm³/mol. The van der Waals surface area contributed by atoms with Gasteiger partial charge < -0.3 is 19.5 Å². The lowest BCUT2D eigenvalue weighted by Gasteiger charge is -2.21. The number of hydrogen-bond acceptors (Lipinski definition) is 5. The zero-order chi connectivity index (χ0) is 14.8. The zero-order valence-electron chi connectivity index (χ0n) is 12.2. The number of nitrogens with zero attached hydrogens (tertiary/aromatic N) is 2. The van der Waals surface area contributed by atoms with E-state index in [4.69, 9.17) is 9.47 Å². The molecule has 0 atom stereocenters. The Morgan fingerprint density at radius 1 is 1.19 bits per heavy atom. The van der Waals surface area contributed by atoms with E-state index >= 15 is 0 Å². The minimum Gasteiger partial charge on any atom is -0.507 e. The number of carbonyl (C=O) groups is 1. The van der Waals surface area contributed by atoms with Crippen LogP contribution in [0.1, 0.15) is 18.9 Å². The fourth-order valence-corrected chi connectivity index (χ4v) is 2.78. The fraction of sp³-hybridized carbons (Fsp3) is 0.533. The minimum absolute atomic E-state index is 0.128. The van der Waals surface area contributed by atoms with Gasteiger partial charge >= 0.3 is 0 Å². The van der Waals surface area contributed by atoms with Crippen LogP contribution in [0.3, 0.4) is 0 Å². The number of hydrogen-bond donors (Lipinski definition) is 1. The first kappa shape index (κ1) is 14.0. The molecule has 1 saturated heterocycles. The molecular formula is C15H20N2O4. The van der Waals surface area contributed by atoms with Crippen LogP contribution in [0.15, 0.2) is 12.1 Å². The molecule has 0 aromatic heterocycles. The molecule has 114 valence electrons. The quantitative estimate of drug-likeness (QED) is 0.886. The molecule has 1 aromatic rings. The van der Waals surface area contributed by atoms with Gasteiger partial charge in [-0.05, 0) is 12.5 Å². The molecule has 0 unspecified atom stereocenters. The highest BCUT2D eigenvalue weighted by Crippen LogP contribution is 2.38. The van der Waals surface area contributed by atoms with E-state index < -0.39 is 0 Å². The van der Waals surface area contributed by atoms with Crippen molar-refractivity contribution in [2.45, 2.75) is 19.9 Å². The molecule has 0 aliphatic carbocycles. The van der Waals surface area contributed by atoms with E-state index in [1.54, 1.807) is 13.0 Å². The first-order chi connectivity index (χ1) is 10.1. The van der Waals surface area contributed by atoms with Crippen LogP contribution in [0.5, 0.6) is 17.2 Å². The Morgan fingerprint density at radius 2 is 1.95 bits per heavy atom. The number of aromatic hydroxyl groups is 1. The monoisotopic (exact) mass is 292 g/mol. The van der Waals surface area contributed by atoms with E-state index in [2.05, 4.69) is 4.90 Å². The van der Waals surface area contributed by atoms with Crippen LogP contribution in [-0.4, -0.2) is 53.8 Å². The molecule has 2 aliphatic rings. The summed E-state index contributed by atoms with van der Waals surface area (Å²) in [6, 6.07) is 3.45. The van der Waals surface area contributed by atoms with Gasteiger partial charge in [-0.15, -0.1) is 0 Å². The standard InChI is InChI=1S/C15H20N2O4/c1-11(18)17-4-2-3-16(5-6-17)9-12-7-14-15(8-13(12)19)21-10-20-14/h7-8,19H,2-6,9-10H2,1H3. The summed E-state index contributed by atoms with van der Waals surface area (Å²) in [5.41, 5.74) is 0.829. The highest BCUT2D eigenvalue weighted by molar-refractivity contribution is 5.73. The molecule has 6 heteroatoms. The first-order valence-corrected chi connectivity index (χ1v) is 7.23. The second-order valence-corrected chi connectivity index (χ2v) is 5.47. The van der Waals surface area contributed by atoms with E-state index in [-0.39, 0.29) is 18.4 Å². The molecule has 6 nitrogen and oxygen atoms in total. The summed E-state index contributed by atoms with van der Waals surface area (Å²) in [6.07, 6.45) is 0.949. The molecule has 1 aromatic carbocycles. The van der Waals surface area contributed by atoms with Crippen molar-refractivity contribution in [2.75, 3.05) is 33.0 Å². The second-order valence-electron chi connectivity index (χ2n) is 5.47. The van der Waals surface area contributed by atoms with Crippen LogP contribution in [0.4, 0.5) is 0 Å². The summed E-state index contributed by atoms with van der Waals surface area (Å²) in [5, 5.41) is 10.1. The lowest BCUT2D eigenvalue weighted by molar-refractivity contribution is -0.128. The van der Waals surface area contributed by atoms with Gasteiger partial charge in [-0.25, -0.2) is 0 Å². The van der Waals surface area contributed by atoms with Crippen LogP contribution in [-0.2, 0) is 11.3 Å². The van der Waals surface area contributed by atoms with Gasteiger partial charge in [0.1, 0.15) is 5.75 Å². The highest BCUT2D eigenvalue weighted by atomic mass is 16.7. The van der Waals surface area contributed by atoms with E-state index in [1.807, 2.05) is 11.0 Å². The maximum atomic E-state index is 11.4. The number of phenolic OH excluding ortho intramolecular Hbond substituents is 1. The molecular weight excluding hydrogens is 272 g/mol. The second kappa shape index (κ2) is 5.81. The summed E-state index contributed by atoms with van der Waals surface area (Å²) in [5.74, 6) is 1.63. The molecule has 1 amide bonds. The Labute approximate surface area is 123 Å². The van der Waals surface area contributed by atoms with Crippen molar-refractivity contribution in [3.63, 3.8) is 0 Å². The first-order valence-electron chi connectivity index (χ1n) is 7.23. The van der Waals surface area contributed by atoms with Gasteiger partial charge in [0.15, 0.2) is 11.5 Å². The highest BCUT2D eigenvalue weighted by Gasteiger charge is 2.20. The normalized spacial score (nSPS) is 18.6. The van der Waals surface area contributed by atoms with Crippen molar-refractivity contribution in [2.24, 2.45) is 0 Å². The molecule has 21 heavy (non-hydrogen) atoms. The lowest BCUT2D eigenvalue weighted by atomic mass is 10.1. The number of ether oxygens (including phenoxy) is 2. The number of rotatable bonds is 2. The van der Waals surface area contributed by atoms with Crippen molar-refractivity contribution in [3.05, 3.63) is 17.7 Å². The SMILES string of the molecule is CC(=O)N1CCCN(Cc2cc3c(cc2O)OCO3)CC1. The summed E-state index contributed by atoms with van der Waals surface area (Å²) in [7, 11) is 0. The number of fused-ring (bicyclic) bond motifs is 1. The van der Waals surface area contributed by atoms with Crippen LogP contribution in [0.2, 0.25) is 0 Å². The molecule has 3 rings (SSSR count). The fourth-order valence-electron chi connectivity index (χ4n) is 2.78. The third-order valence-corrected chi connectivity index (χ3v) is 4.00. The molecule has 0 radical (unpaired) electrons. The summed E-state index contributed by atoms with van der Waals surface area (Å²) >= 11 is 0. The van der Waals surface area contributed by atoms with Gasteiger partial charge in [0.2, 0.25) is 12.7 Å². The average molecular weight is 292 g/mol. The van der Waals surface area contributed by atoms with Crippen LogP contribution >= 0.6 is 0 Å². The Balaban J connectivity index is 1.68. The Kier molecular flexibility index (Phi) is 3.88. The molecule has 2 aliphatic heterocycles. The predicted octanol–water partition coefficient (Wildman–Crippen LogP) is 1.18.